The van der Waals surface area contributed by atoms with Gasteiger partial charge in [-0.1, -0.05) is 42.5 Å². The molecule has 0 aromatic heterocycles. The average molecular weight is 352 g/mol. The van der Waals surface area contributed by atoms with Crippen molar-refractivity contribution in [3.63, 3.8) is 0 Å². The molecule has 5 heteroatoms. The second kappa shape index (κ2) is 10.9. The van der Waals surface area contributed by atoms with Crippen LogP contribution in [0.4, 0.5) is 0 Å². The van der Waals surface area contributed by atoms with Crippen molar-refractivity contribution < 1.29 is 4.79 Å². The van der Waals surface area contributed by atoms with Crippen molar-refractivity contribution in [2.24, 2.45) is 4.99 Å². The van der Waals surface area contributed by atoms with E-state index < -0.39 is 0 Å². The fraction of sp³-hybridized carbons (Fsp3) is 0.333. The second-order valence-corrected chi connectivity index (χ2v) is 6.04. The zero-order chi connectivity index (χ0) is 18.6. The summed E-state index contributed by atoms with van der Waals surface area (Å²) in [6.45, 7) is 1.64. The topological polar surface area (TPSA) is 65.5 Å². The third kappa shape index (κ3) is 6.59. The fourth-order valence-corrected chi connectivity index (χ4v) is 2.70. The molecule has 3 N–H and O–H groups in total. The molecule has 0 saturated heterocycles. The van der Waals surface area contributed by atoms with Crippen LogP contribution in [0.3, 0.4) is 0 Å². The van der Waals surface area contributed by atoms with Gasteiger partial charge in [0.25, 0.3) is 5.91 Å². The first-order chi connectivity index (χ1) is 12.7. The number of carbonyl (C=O) groups is 1. The third-order valence-electron chi connectivity index (χ3n) is 4.12. The number of amides is 1. The summed E-state index contributed by atoms with van der Waals surface area (Å²) in [4.78, 5) is 15.9. The van der Waals surface area contributed by atoms with E-state index in [4.69, 9.17) is 0 Å². The maximum absolute atomic E-state index is 11.7. The van der Waals surface area contributed by atoms with Crippen molar-refractivity contribution >= 4 is 11.9 Å². The first-order valence-electron chi connectivity index (χ1n) is 9.02. The lowest BCUT2D eigenvalue weighted by atomic mass is 10.1. The molecule has 0 atom stereocenters. The molecule has 26 heavy (non-hydrogen) atoms. The van der Waals surface area contributed by atoms with Gasteiger partial charge in [-0.15, -0.1) is 0 Å². The highest BCUT2D eigenvalue weighted by Gasteiger charge is 2.04. The van der Waals surface area contributed by atoms with E-state index in [0.29, 0.717) is 5.56 Å². The predicted molar refractivity (Wildman–Crippen MR) is 108 cm³/mol. The van der Waals surface area contributed by atoms with E-state index in [1.807, 2.05) is 30.3 Å². The Bertz CT molecular complexity index is 713. The number of guanidine groups is 1. The van der Waals surface area contributed by atoms with Crippen LogP contribution in [-0.4, -0.2) is 39.1 Å². The van der Waals surface area contributed by atoms with Crippen LogP contribution in [0.25, 0.3) is 0 Å². The quantitative estimate of drug-likeness (QED) is 0.388. The number of benzene rings is 2. The Morgan fingerprint density at radius 3 is 2.38 bits per heavy atom. The molecule has 2 rings (SSSR count). The van der Waals surface area contributed by atoms with Gasteiger partial charge in [0.2, 0.25) is 0 Å². The van der Waals surface area contributed by atoms with Gasteiger partial charge < -0.3 is 16.0 Å². The molecule has 2 aromatic carbocycles. The summed E-state index contributed by atoms with van der Waals surface area (Å²) in [6.07, 6.45) is 2.94. The lowest BCUT2D eigenvalue weighted by Gasteiger charge is -2.12. The Balaban J connectivity index is 1.69. The summed E-state index contributed by atoms with van der Waals surface area (Å²) < 4.78 is 0. The summed E-state index contributed by atoms with van der Waals surface area (Å²) in [5, 5.41) is 9.31. The number of aryl methyl sites for hydroxylation is 1. The average Bonchev–Trinajstić information content (AvgIpc) is 2.70. The molecule has 0 heterocycles. The van der Waals surface area contributed by atoms with Crippen molar-refractivity contribution in [1.82, 2.24) is 16.0 Å². The molecule has 0 saturated carbocycles. The van der Waals surface area contributed by atoms with Crippen LogP contribution >= 0.6 is 0 Å². The molecular formula is C21H28N4O. The van der Waals surface area contributed by atoms with E-state index in [2.05, 4.69) is 45.2 Å². The highest BCUT2D eigenvalue weighted by molar-refractivity contribution is 5.94. The van der Waals surface area contributed by atoms with E-state index in [1.165, 1.54) is 5.56 Å². The van der Waals surface area contributed by atoms with E-state index in [1.54, 1.807) is 14.1 Å². The van der Waals surface area contributed by atoms with E-state index in [9.17, 15) is 4.79 Å². The Hall–Kier alpha value is -2.82. The maximum Gasteiger partial charge on any atom is 0.251 e. The minimum Gasteiger partial charge on any atom is -0.356 e. The number of hydrogen-bond donors (Lipinski definition) is 3. The zero-order valence-electron chi connectivity index (χ0n) is 15.6. The summed E-state index contributed by atoms with van der Waals surface area (Å²) in [5.41, 5.74) is 3.17. The number of aliphatic imine (C=N–C) groups is 1. The Morgan fingerprint density at radius 2 is 1.65 bits per heavy atom. The second-order valence-electron chi connectivity index (χ2n) is 6.04. The molecule has 0 unspecified atom stereocenters. The lowest BCUT2D eigenvalue weighted by Crippen LogP contribution is -2.38. The summed E-state index contributed by atoms with van der Waals surface area (Å²) in [6, 6.07) is 18.2. The minimum atomic E-state index is -0.0595. The van der Waals surface area contributed by atoms with Crippen LogP contribution in [0.1, 0.15) is 27.9 Å². The predicted octanol–water partition coefficient (Wildman–Crippen LogP) is 2.39. The van der Waals surface area contributed by atoms with Crippen LogP contribution < -0.4 is 16.0 Å². The van der Waals surface area contributed by atoms with Gasteiger partial charge in [-0.3, -0.25) is 9.79 Å². The monoisotopic (exact) mass is 352 g/mol. The molecule has 0 aliphatic heterocycles. The fourth-order valence-electron chi connectivity index (χ4n) is 2.70. The summed E-state index contributed by atoms with van der Waals surface area (Å²) >= 11 is 0. The van der Waals surface area contributed by atoms with Crippen LogP contribution in [-0.2, 0) is 12.8 Å². The molecule has 5 nitrogen and oxygen atoms in total. The van der Waals surface area contributed by atoms with Crippen LogP contribution in [0.5, 0.6) is 0 Å². The van der Waals surface area contributed by atoms with Crippen LogP contribution in [0.15, 0.2) is 59.6 Å². The Labute approximate surface area is 155 Å². The van der Waals surface area contributed by atoms with Crippen LogP contribution in [0.2, 0.25) is 0 Å². The van der Waals surface area contributed by atoms with Crippen molar-refractivity contribution in [2.75, 3.05) is 27.2 Å². The normalized spacial score (nSPS) is 11.1. The summed E-state index contributed by atoms with van der Waals surface area (Å²) in [7, 11) is 3.42. The van der Waals surface area contributed by atoms with Gasteiger partial charge in [-0.25, -0.2) is 0 Å². The molecule has 1 amide bonds. The highest BCUT2D eigenvalue weighted by atomic mass is 16.1. The van der Waals surface area contributed by atoms with Gasteiger partial charge in [0.05, 0.1) is 0 Å². The van der Waals surface area contributed by atoms with E-state index >= 15 is 0 Å². The molecule has 0 aliphatic rings. The van der Waals surface area contributed by atoms with Crippen molar-refractivity contribution in [2.45, 2.75) is 19.3 Å². The number of nitrogens with zero attached hydrogens (tertiary/aromatic N) is 1. The largest absolute Gasteiger partial charge is 0.356 e. The van der Waals surface area contributed by atoms with Crippen molar-refractivity contribution in [3.8, 4) is 0 Å². The molecule has 0 aliphatic carbocycles. The molecule has 0 spiro atoms. The van der Waals surface area contributed by atoms with Gasteiger partial charge in [0.1, 0.15) is 0 Å². The van der Waals surface area contributed by atoms with Crippen LogP contribution in [0, 0.1) is 0 Å². The summed E-state index contributed by atoms with van der Waals surface area (Å²) in [5.74, 6) is 0.746. The Kier molecular flexibility index (Phi) is 8.19. The number of carbonyl (C=O) groups excluding carboxylic acids is 1. The zero-order valence-corrected chi connectivity index (χ0v) is 15.6. The minimum absolute atomic E-state index is 0.0595. The molecule has 2 aromatic rings. The van der Waals surface area contributed by atoms with Crippen molar-refractivity contribution in [3.05, 3.63) is 71.3 Å². The highest BCUT2D eigenvalue weighted by Crippen LogP contribution is 2.05. The number of nitrogens with one attached hydrogen (secondary N) is 3. The van der Waals surface area contributed by atoms with Gasteiger partial charge >= 0.3 is 0 Å². The molecular weight excluding hydrogens is 324 g/mol. The lowest BCUT2D eigenvalue weighted by molar-refractivity contribution is 0.0963. The molecule has 0 radical (unpaired) electrons. The smallest absolute Gasteiger partial charge is 0.251 e. The first-order valence-corrected chi connectivity index (χ1v) is 9.02. The molecule has 0 fully saturated rings. The number of rotatable bonds is 8. The van der Waals surface area contributed by atoms with Gasteiger partial charge in [0.15, 0.2) is 5.96 Å². The van der Waals surface area contributed by atoms with Gasteiger partial charge in [-0.05, 0) is 42.5 Å². The van der Waals surface area contributed by atoms with Gasteiger partial charge in [0, 0.05) is 32.7 Å². The molecule has 0 bridgehead atoms. The SMILES string of the molecule is CN=C(NCCCc1ccccc1)NCCc1cccc(C(=O)NC)c1. The maximum atomic E-state index is 11.7. The molecule has 138 valence electrons. The Morgan fingerprint density at radius 1 is 0.923 bits per heavy atom. The standard InChI is InChI=1S/C21H28N4O/c1-22-20(26)19-12-6-10-18(16-19)13-15-25-21(23-2)24-14-7-11-17-8-4-3-5-9-17/h3-6,8-10,12,16H,7,11,13-15H2,1-2H3,(H,22,26)(H2,23,24,25). The van der Waals surface area contributed by atoms with E-state index in [-0.39, 0.29) is 5.91 Å². The first kappa shape index (κ1) is 19.5. The van der Waals surface area contributed by atoms with Gasteiger partial charge in [-0.2, -0.15) is 0 Å². The van der Waals surface area contributed by atoms with E-state index in [0.717, 1.165) is 43.9 Å². The third-order valence-corrected chi connectivity index (χ3v) is 4.12. The van der Waals surface area contributed by atoms with Crippen molar-refractivity contribution in [1.29, 1.82) is 0 Å². The number of hydrogen-bond acceptors (Lipinski definition) is 2.